The van der Waals surface area contributed by atoms with E-state index in [1.807, 2.05) is 0 Å². The van der Waals surface area contributed by atoms with Crippen molar-refractivity contribution in [1.82, 2.24) is 0 Å². The van der Waals surface area contributed by atoms with Crippen molar-refractivity contribution in [3.05, 3.63) is 95.5 Å². The highest BCUT2D eigenvalue weighted by Gasteiger charge is 2.55. The highest BCUT2D eigenvalue weighted by atomic mass is 16.7. The van der Waals surface area contributed by atoms with Gasteiger partial charge in [0.2, 0.25) is 0 Å². The summed E-state index contributed by atoms with van der Waals surface area (Å²) in [7, 11) is -0.305. The van der Waals surface area contributed by atoms with E-state index in [9.17, 15) is 0 Å². The monoisotopic (exact) mass is 406 g/mol. The fourth-order valence-corrected chi connectivity index (χ4v) is 5.33. The maximum Gasteiger partial charge on any atom is 0.491 e. The summed E-state index contributed by atoms with van der Waals surface area (Å²) in [6.45, 7) is 8.49. The molecular weight excluding hydrogens is 379 g/mol. The molecule has 2 unspecified atom stereocenters. The lowest BCUT2D eigenvalue weighted by Crippen LogP contribution is -2.41. The Labute approximate surface area is 185 Å². The zero-order valence-electron chi connectivity index (χ0n) is 18.6. The van der Waals surface area contributed by atoms with Gasteiger partial charge in [0, 0.05) is 11.8 Å². The second-order valence-electron chi connectivity index (χ2n) is 10.0. The van der Waals surface area contributed by atoms with Gasteiger partial charge in [-0.3, -0.25) is 0 Å². The quantitative estimate of drug-likeness (QED) is 0.530. The summed E-state index contributed by atoms with van der Waals surface area (Å²) >= 11 is 0. The van der Waals surface area contributed by atoms with Crippen LogP contribution in [-0.2, 0) is 9.31 Å². The lowest BCUT2D eigenvalue weighted by Gasteiger charge is -2.32. The average Bonchev–Trinajstić information content (AvgIpc) is 3.20. The first-order valence-electron chi connectivity index (χ1n) is 11.2. The largest absolute Gasteiger partial charge is 0.491 e. The van der Waals surface area contributed by atoms with Gasteiger partial charge >= 0.3 is 7.12 Å². The smallest absolute Gasteiger partial charge is 0.400 e. The summed E-state index contributed by atoms with van der Waals surface area (Å²) in [5, 5.41) is 0. The standard InChI is InChI=1S/C28H27BO2/c1-27(2)28(3,4)31-29(30-27)25-16-15-22-20-14-13-19(18-9-6-5-7-10-18)17-24(20)21-11-8-12-23(25)26(21)22/h5-17,23,26H,1-4H3. The molecule has 1 heterocycles. The van der Waals surface area contributed by atoms with Crippen LogP contribution in [0.3, 0.4) is 0 Å². The van der Waals surface area contributed by atoms with E-state index in [1.54, 1.807) is 0 Å². The molecule has 6 rings (SSSR count). The maximum absolute atomic E-state index is 6.42. The van der Waals surface area contributed by atoms with Crippen molar-refractivity contribution in [2.45, 2.75) is 38.9 Å². The van der Waals surface area contributed by atoms with Crippen molar-refractivity contribution >= 4 is 18.3 Å². The summed E-state index contributed by atoms with van der Waals surface area (Å²) in [5.41, 5.74) is 8.63. The molecule has 3 aliphatic carbocycles. The normalized spacial score (nSPS) is 26.7. The number of fused-ring (bicyclic) bond motifs is 3. The van der Waals surface area contributed by atoms with Crippen LogP contribution in [0.5, 0.6) is 0 Å². The van der Waals surface area contributed by atoms with Gasteiger partial charge in [0.25, 0.3) is 0 Å². The van der Waals surface area contributed by atoms with E-state index in [0.29, 0.717) is 5.92 Å². The number of benzene rings is 2. The Hall–Kier alpha value is -2.62. The zero-order chi connectivity index (χ0) is 21.4. The molecule has 3 heteroatoms. The zero-order valence-corrected chi connectivity index (χ0v) is 18.6. The fraction of sp³-hybridized carbons (Fsp3) is 0.286. The minimum Gasteiger partial charge on any atom is -0.400 e. The number of hydrogen-bond acceptors (Lipinski definition) is 2. The molecule has 2 aromatic carbocycles. The average molecular weight is 406 g/mol. The van der Waals surface area contributed by atoms with E-state index in [2.05, 4.69) is 107 Å². The van der Waals surface area contributed by atoms with E-state index in [0.717, 1.165) is 0 Å². The summed E-state index contributed by atoms with van der Waals surface area (Å²) in [6.07, 6.45) is 11.4. The molecule has 31 heavy (non-hydrogen) atoms. The molecule has 154 valence electrons. The van der Waals surface area contributed by atoms with E-state index in [-0.39, 0.29) is 24.2 Å². The minimum absolute atomic E-state index is 0.266. The first kappa shape index (κ1) is 19.1. The summed E-state index contributed by atoms with van der Waals surface area (Å²) in [4.78, 5) is 0. The van der Waals surface area contributed by atoms with Gasteiger partial charge in [-0.15, -0.1) is 0 Å². The van der Waals surface area contributed by atoms with Crippen molar-refractivity contribution in [3.8, 4) is 11.1 Å². The number of allylic oxidation sites excluding steroid dienone is 8. The van der Waals surface area contributed by atoms with Crippen molar-refractivity contribution < 1.29 is 9.31 Å². The van der Waals surface area contributed by atoms with Crippen molar-refractivity contribution in [3.63, 3.8) is 0 Å². The van der Waals surface area contributed by atoms with Gasteiger partial charge in [0.05, 0.1) is 11.2 Å². The van der Waals surface area contributed by atoms with Crippen molar-refractivity contribution in [2.75, 3.05) is 0 Å². The molecule has 2 aromatic rings. The maximum atomic E-state index is 6.42. The predicted octanol–water partition coefficient (Wildman–Crippen LogP) is 6.51. The van der Waals surface area contributed by atoms with E-state index < -0.39 is 0 Å². The third kappa shape index (κ3) is 2.73. The highest BCUT2D eigenvalue weighted by molar-refractivity contribution is 6.55. The molecule has 1 aliphatic heterocycles. The molecule has 0 radical (unpaired) electrons. The topological polar surface area (TPSA) is 18.5 Å². The highest BCUT2D eigenvalue weighted by Crippen LogP contribution is 2.56. The van der Waals surface area contributed by atoms with Crippen molar-refractivity contribution in [1.29, 1.82) is 0 Å². The minimum atomic E-state index is -0.331. The van der Waals surface area contributed by atoms with Crippen LogP contribution in [-0.4, -0.2) is 18.3 Å². The summed E-state index contributed by atoms with van der Waals surface area (Å²) in [6, 6.07) is 17.5. The number of hydrogen-bond donors (Lipinski definition) is 0. The van der Waals surface area contributed by atoms with Gasteiger partial charge in [0.1, 0.15) is 0 Å². The molecule has 2 nitrogen and oxygen atoms in total. The number of rotatable bonds is 2. The van der Waals surface area contributed by atoms with Gasteiger partial charge in [-0.25, -0.2) is 0 Å². The first-order valence-corrected chi connectivity index (χ1v) is 11.2. The van der Waals surface area contributed by atoms with Gasteiger partial charge in [-0.05, 0) is 72.6 Å². The molecule has 1 saturated heterocycles. The SMILES string of the molecule is CC1(C)OB(C2=CC=C3c4ccc(-c5ccccc5)cc4C4=CC=CC2C34)OC1(C)C. The van der Waals surface area contributed by atoms with Crippen LogP contribution >= 0.6 is 0 Å². The van der Waals surface area contributed by atoms with Gasteiger partial charge in [-0.2, -0.15) is 0 Å². The molecule has 1 fully saturated rings. The molecule has 0 aromatic heterocycles. The van der Waals surface area contributed by atoms with Crippen LogP contribution in [0.25, 0.3) is 22.3 Å². The van der Waals surface area contributed by atoms with Gasteiger partial charge in [-0.1, -0.05) is 72.8 Å². The Kier molecular flexibility index (Phi) is 3.97. The van der Waals surface area contributed by atoms with Crippen LogP contribution in [0, 0.1) is 11.8 Å². The Balaban J connectivity index is 1.42. The van der Waals surface area contributed by atoms with Crippen molar-refractivity contribution in [2.24, 2.45) is 11.8 Å². The molecule has 0 saturated carbocycles. The second kappa shape index (κ2) is 6.45. The Morgan fingerprint density at radius 2 is 1.45 bits per heavy atom. The lowest BCUT2D eigenvalue weighted by atomic mass is 9.61. The summed E-state index contributed by atoms with van der Waals surface area (Å²) < 4.78 is 12.8. The Morgan fingerprint density at radius 1 is 0.742 bits per heavy atom. The van der Waals surface area contributed by atoms with Crippen LogP contribution in [0.1, 0.15) is 38.8 Å². The first-order chi connectivity index (χ1) is 14.9. The molecule has 0 spiro atoms. The molecule has 4 aliphatic rings. The third-order valence-corrected chi connectivity index (χ3v) is 7.74. The molecule has 0 N–H and O–H groups in total. The molecule has 0 amide bonds. The third-order valence-electron chi connectivity index (χ3n) is 7.74. The van der Waals surface area contributed by atoms with Crippen LogP contribution in [0.2, 0.25) is 0 Å². The molecule has 2 atom stereocenters. The van der Waals surface area contributed by atoms with Crippen LogP contribution in [0.4, 0.5) is 0 Å². The predicted molar refractivity (Wildman–Crippen MR) is 128 cm³/mol. The Morgan fingerprint density at radius 3 is 2.19 bits per heavy atom. The molecular formula is C28H27BO2. The fourth-order valence-electron chi connectivity index (χ4n) is 5.33. The van der Waals surface area contributed by atoms with Gasteiger partial charge < -0.3 is 9.31 Å². The summed E-state index contributed by atoms with van der Waals surface area (Å²) in [5.74, 6) is 0.604. The second-order valence-corrected chi connectivity index (χ2v) is 10.0. The van der Waals surface area contributed by atoms with Crippen LogP contribution < -0.4 is 0 Å². The molecule has 0 bridgehead atoms. The van der Waals surface area contributed by atoms with Gasteiger partial charge in [0.15, 0.2) is 0 Å². The lowest BCUT2D eigenvalue weighted by molar-refractivity contribution is 0.00578. The van der Waals surface area contributed by atoms with E-state index >= 15 is 0 Å². The Bertz CT molecular complexity index is 1180. The van der Waals surface area contributed by atoms with Crippen LogP contribution in [0.15, 0.2) is 84.4 Å². The van der Waals surface area contributed by atoms with E-state index in [1.165, 1.54) is 38.9 Å². The van der Waals surface area contributed by atoms with E-state index in [4.69, 9.17) is 9.31 Å².